The van der Waals surface area contributed by atoms with Crippen LogP contribution in [0.4, 0.5) is 0 Å². The Balaban J connectivity index is 1.28. The SMILES string of the molecule is COc1cccc(CC(=O)N2CCC(c3nc4ccc(-c5cccc(OC)c5OC)cn4n3)CC2)c1. The van der Waals surface area contributed by atoms with Crippen molar-refractivity contribution in [2.75, 3.05) is 34.4 Å². The highest BCUT2D eigenvalue weighted by molar-refractivity contribution is 5.79. The standard InChI is InChI=1S/C28H30N4O4/c1-34-22-7-4-6-19(16-22)17-26(33)31-14-12-20(13-15-31)28-29-25-11-10-21(18-32(25)30-28)23-8-5-9-24(35-2)27(23)36-3/h4-11,16,18,20H,12-15,17H2,1-3H3. The number of piperidine rings is 1. The Labute approximate surface area is 210 Å². The predicted octanol–water partition coefficient (Wildman–Crippen LogP) is 4.37. The van der Waals surface area contributed by atoms with E-state index in [0.29, 0.717) is 31.0 Å². The van der Waals surface area contributed by atoms with Crippen LogP contribution in [0.2, 0.25) is 0 Å². The predicted molar refractivity (Wildman–Crippen MR) is 137 cm³/mol. The average molecular weight is 487 g/mol. The molecule has 0 atom stereocenters. The van der Waals surface area contributed by atoms with E-state index in [1.807, 2.05) is 70.2 Å². The molecule has 0 aliphatic carbocycles. The minimum absolute atomic E-state index is 0.140. The van der Waals surface area contributed by atoms with Gasteiger partial charge in [0, 0.05) is 36.3 Å². The van der Waals surface area contributed by atoms with Gasteiger partial charge < -0.3 is 19.1 Å². The van der Waals surface area contributed by atoms with Gasteiger partial charge in [-0.3, -0.25) is 4.79 Å². The van der Waals surface area contributed by atoms with Crippen LogP contribution in [-0.2, 0) is 11.2 Å². The average Bonchev–Trinajstić information content (AvgIpc) is 3.36. The molecule has 0 bridgehead atoms. The molecule has 3 heterocycles. The molecule has 2 aromatic carbocycles. The fourth-order valence-corrected chi connectivity index (χ4v) is 4.80. The number of para-hydroxylation sites is 1. The normalized spacial score (nSPS) is 14.1. The summed E-state index contributed by atoms with van der Waals surface area (Å²) < 4.78 is 18.1. The number of amides is 1. The van der Waals surface area contributed by atoms with Gasteiger partial charge in [-0.1, -0.05) is 24.3 Å². The maximum atomic E-state index is 12.9. The molecule has 8 nitrogen and oxygen atoms in total. The molecule has 0 spiro atoms. The van der Waals surface area contributed by atoms with Crippen LogP contribution in [0.3, 0.4) is 0 Å². The van der Waals surface area contributed by atoms with Crippen LogP contribution in [0.15, 0.2) is 60.8 Å². The van der Waals surface area contributed by atoms with Crippen LogP contribution in [0.25, 0.3) is 16.8 Å². The Kier molecular flexibility index (Phi) is 6.75. The second kappa shape index (κ2) is 10.3. The number of carbonyl (C=O) groups excluding carboxylic acids is 1. The molecule has 0 saturated carbocycles. The van der Waals surface area contributed by atoms with Crippen molar-refractivity contribution >= 4 is 11.6 Å². The van der Waals surface area contributed by atoms with Gasteiger partial charge in [0.15, 0.2) is 23.0 Å². The molecule has 1 fully saturated rings. The number of nitrogens with zero attached hydrogens (tertiary/aromatic N) is 4. The molecule has 4 aromatic rings. The highest BCUT2D eigenvalue weighted by Crippen LogP contribution is 2.38. The lowest BCUT2D eigenvalue weighted by atomic mass is 9.95. The summed E-state index contributed by atoms with van der Waals surface area (Å²) in [6.07, 6.45) is 4.04. The minimum atomic E-state index is 0.140. The summed E-state index contributed by atoms with van der Waals surface area (Å²) in [5, 5.41) is 4.79. The second-order valence-corrected chi connectivity index (χ2v) is 8.91. The zero-order valence-corrected chi connectivity index (χ0v) is 20.8. The fourth-order valence-electron chi connectivity index (χ4n) is 4.80. The van der Waals surface area contributed by atoms with Crippen molar-refractivity contribution in [3.05, 3.63) is 72.2 Å². The largest absolute Gasteiger partial charge is 0.497 e. The van der Waals surface area contributed by atoms with Gasteiger partial charge >= 0.3 is 0 Å². The lowest BCUT2D eigenvalue weighted by molar-refractivity contribution is -0.131. The van der Waals surface area contributed by atoms with Gasteiger partial charge in [0.05, 0.1) is 27.8 Å². The van der Waals surface area contributed by atoms with Crippen LogP contribution in [0.1, 0.15) is 30.1 Å². The Morgan fingerprint density at radius 2 is 1.78 bits per heavy atom. The van der Waals surface area contributed by atoms with Crippen LogP contribution >= 0.6 is 0 Å². The van der Waals surface area contributed by atoms with Crippen LogP contribution in [0, 0.1) is 0 Å². The molecular weight excluding hydrogens is 456 g/mol. The first-order valence-electron chi connectivity index (χ1n) is 12.1. The quantitative estimate of drug-likeness (QED) is 0.386. The van der Waals surface area contributed by atoms with Gasteiger partial charge in [0.2, 0.25) is 5.91 Å². The van der Waals surface area contributed by atoms with Crippen molar-refractivity contribution in [1.82, 2.24) is 19.5 Å². The summed E-state index contributed by atoms with van der Waals surface area (Å²) >= 11 is 0. The van der Waals surface area contributed by atoms with Gasteiger partial charge in [-0.15, -0.1) is 0 Å². The fraction of sp³-hybridized carbons (Fsp3) is 0.321. The maximum absolute atomic E-state index is 12.9. The van der Waals surface area contributed by atoms with E-state index in [1.165, 1.54) is 0 Å². The maximum Gasteiger partial charge on any atom is 0.226 e. The van der Waals surface area contributed by atoms with E-state index < -0.39 is 0 Å². The van der Waals surface area contributed by atoms with Crippen molar-refractivity contribution < 1.29 is 19.0 Å². The van der Waals surface area contributed by atoms with E-state index >= 15 is 0 Å². The third-order valence-electron chi connectivity index (χ3n) is 6.76. The van der Waals surface area contributed by atoms with E-state index in [-0.39, 0.29) is 11.8 Å². The third-order valence-corrected chi connectivity index (χ3v) is 6.76. The molecule has 8 heteroatoms. The van der Waals surface area contributed by atoms with E-state index in [2.05, 4.69) is 0 Å². The molecule has 186 valence electrons. The van der Waals surface area contributed by atoms with Crippen LogP contribution < -0.4 is 14.2 Å². The number of fused-ring (bicyclic) bond motifs is 1. The summed E-state index contributed by atoms with van der Waals surface area (Å²) in [6.45, 7) is 1.41. The van der Waals surface area contributed by atoms with E-state index in [4.69, 9.17) is 24.3 Å². The van der Waals surface area contributed by atoms with E-state index in [1.54, 1.807) is 21.3 Å². The van der Waals surface area contributed by atoms with E-state index in [0.717, 1.165) is 46.8 Å². The van der Waals surface area contributed by atoms with Gasteiger partial charge in [-0.25, -0.2) is 9.50 Å². The Morgan fingerprint density at radius 1 is 0.972 bits per heavy atom. The summed E-state index contributed by atoms with van der Waals surface area (Å²) in [5.41, 5.74) is 3.66. The number of hydrogen-bond acceptors (Lipinski definition) is 6. The zero-order valence-electron chi connectivity index (χ0n) is 20.8. The number of rotatable bonds is 7. The van der Waals surface area contributed by atoms with Gasteiger partial charge in [0.1, 0.15) is 5.75 Å². The zero-order chi connectivity index (χ0) is 25.1. The second-order valence-electron chi connectivity index (χ2n) is 8.91. The molecule has 1 saturated heterocycles. The van der Waals surface area contributed by atoms with Crippen molar-refractivity contribution in [2.45, 2.75) is 25.2 Å². The van der Waals surface area contributed by atoms with Gasteiger partial charge in [-0.05, 0) is 48.7 Å². The van der Waals surface area contributed by atoms with Crippen molar-refractivity contribution in [3.63, 3.8) is 0 Å². The molecule has 1 aliphatic rings. The summed E-state index contributed by atoms with van der Waals surface area (Å²) in [7, 11) is 4.91. The number of aromatic nitrogens is 3. The monoisotopic (exact) mass is 486 g/mol. The van der Waals surface area contributed by atoms with Crippen LogP contribution in [0.5, 0.6) is 17.2 Å². The number of carbonyl (C=O) groups is 1. The molecule has 36 heavy (non-hydrogen) atoms. The number of ether oxygens (including phenoxy) is 3. The van der Waals surface area contributed by atoms with Gasteiger partial charge in [0.25, 0.3) is 0 Å². The molecule has 0 radical (unpaired) electrons. The highest BCUT2D eigenvalue weighted by Gasteiger charge is 2.26. The van der Waals surface area contributed by atoms with Crippen molar-refractivity contribution in [2.24, 2.45) is 0 Å². The Hall–Kier alpha value is -4.07. The number of pyridine rings is 1. The first kappa shape index (κ1) is 23.7. The summed E-state index contributed by atoms with van der Waals surface area (Å²) in [4.78, 5) is 19.6. The Bertz CT molecular complexity index is 1380. The van der Waals surface area contributed by atoms with E-state index in [9.17, 15) is 4.79 Å². The van der Waals surface area contributed by atoms with Crippen molar-refractivity contribution in [1.29, 1.82) is 0 Å². The molecule has 1 amide bonds. The third kappa shape index (κ3) is 4.71. The summed E-state index contributed by atoms with van der Waals surface area (Å²) in [5.74, 6) is 3.32. The minimum Gasteiger partial charge on any atom is -0.497 e. The number of hydrogen-bond donors (Lipinski definition) is 0. The summed E-state index contributed by atoms with van der Waals surface area (Å²) in [6, 6.07) is 17.5. The number of methoxy groups -OCH3 is 3. The topological polar surface area (TPSA) is 78.2 Å². The first-order chi connectivity index (χ1) is 17.6. The first-order valence-corrected chi connectivity index (χ1v) is 12.1. The van der Waals surface area contributed by atoms with Crippen LogP contribution in [-0.4, -0.2) is 59.8 Å². The number of benzene rings is 2. The molecule has 2 aromatic heterocycles. The molecule has 1 aliphatic heterocycles. The van der Waals surface area contributed by atoms with Gasteiger partial charge in [-0.2, -0.15) is 5.10 Å². The molecule has 0 unspecified atom stereocenters. The van der Waals surface area contributed by atoms with Crippen molar-refractivity contribution in [3.8, 4) is 28.4 Å². The smallest absolute Gasteiger partial charge is 0.226 e. The lowest BCUT2D eigenvalue weighted by Crippen LogP contribution is -2.39. The lowest BCUT2D eigenvalue weighted by Gasteiger charge is -2.31. The Morgan fingerprint density at radius 3 is 2.53 bits per heavy atom. The molecule has 5 rings (SSSR count). The number of likely N-dealkylation sites (tertiary alicyclic amines) is 1. The highest BCUT2D eigenvalue weighted by atomic mass is 16.5. The molecule has 0 N–H and O–H groups in total. The molecular formula is C28H30N4O4.